The Bertz CT molecular complexity index is 611. The number of methoxy groups -OCH3 is 1. The molecule has 28 heavy (non-hydrogen) atoms. The van der Waals surface area contributed by atoms with Crippen molar-refractivity contribution in [1.29, 1.82) is 0 Å². The van der Waals surface area contributed by atoms with Crippen LogP contribution < -0.4 is 0 Å². The van der Waals surface area contributed by atoms with E-state index in [4.69, 9.17) is 9.47 Å². The van der Waals surface area contributed by atoms with Gasteiger partial charge in [-0.05, 0) is 51.0 Å². The molecule has 2 aromatic rings. The fourth-order valence-electron chi connectivity index (χ4n) is 2.90. The molecule has 2 rings (SSSR count). The highest BCUT2D eigenvalue weighted by atomic mass is 16.5. The van der Waals surface area contributed by atoms with Gasteiger partial charge in [-0.2, -0.15) is 0 Å². The molecule has 0 aliphatic heterocycles. The van der Waals surface area contributed by atoms with E-state index in [1.54, 1.807) is 19.5 Å². The molecular formula is C22H33N3O3. The lowest BCUT2D eigenvalue weighted by molar-refractivity contribution is -0.00898. The minimum Gasteiger partial charge on any atom is -0.389 e. The van der Waals surface area contributed by atoms with Gasteiger partial charge in [0.25, 0.3) is 0 Å². The first-order valence-electron chi connectivity index (χ1n) is 9.81. The SMILES string of the molecule is COC(C)(C)CCCOCC(O)CN(Cc1ccccn1)Cc1ccccn1. The van der Waals surface area contributed by atoms with Gasteiger partial charge in [-0.1, -0.05) is 12.1 Å². The van der Waals surface area contributed by atoms with Crippen molar-refractivity contribution in [1.82, 2.24) is 14.9 Å². The zero-order chi connectivity index (χ0) is 20.2. The Balaban J connectivity index is 1.81. The van der Waals surface area contributed by atoms with Crippen molar-refractivity contribution in [3.05, 3.63) is 60.2 Å². The number of hydrogen-bond acceptors (Lipinski definition) is 6. The van der Waals surface area contributed by atoms with Crippen LogP contribution in [0.15, 0.2) is 48.8 Å². The van der Waals surface area contributed by atoms with Crippen molar-refractivity contribution in [3.63, 3.8) is 0 Å². The van der Waals surface area contributed by atoms with E-state index in [1.807, 2.05) is 36.4 Å². The zero-order valence-corrected chi connectivity index (χ0v) is 17.3. The molecule has 0 fully saturated rings. The number of pyridine rings is 2. The first-order chi connectivity index (χ1) is 13.5. The van der Waals surface area contributed by atoms with E-state index < -0.39 is 6.10 Å². The second-order valence-corrected chi connectivity index (χ2v) is 7.61. The van der Waals surface area contributed by atoms with Gasteiger partial charge in [0.2, 0.25) is 0 Å². The van der Waals surface area contributed by atoms with Crippen molar-refractivity contribution in [2.45, 2.75) is 51.5 Å². The molecule has 0 amide bonds. The number of rotatable bonds is 13. The monoisotopic (exact) mass is 387 g/mol. The largest absolute Gasteiger partial charge is 0.389 e. The Morgan fingerprint density at radius 1 is 1.04 bits per heavy atom. The molecule has 0 aliphatic carbocycles. The van der Waals surface area contributed by atoms with Crippen LogP contribution in [0.1, 0.15) is 38.1 Å². The standard InChI is InChI=1S/C22H33N3O3/c1-22(2,27-3)11-8-14-28-18-21(26)17-25(15-19-9-4-6-12-23-19)16-20-10-5-7-13-24-20/h4-7,9-10,12-13,21,26H,8,11,14-18H2,1-3H3. The summed E-state index contributed by atoms with van der Waals surface area (Å²) in [5.41, 5.74) is 1.80. The topological polar surface area (TPSA) is 67.7 Å². The summed E-state index contributed by atoms with van der Waals surface area (Å²) >= 11 is 0. The van der Waals surface area contributed by atoms with Gasteiger partial charge < -0.3 is 14.6 Å². The highest BCUT2D eigenvalue weighted by Gasteiger charge is 2.17. The van der Waals surface area contributed by atoms with Crippen molar-refractivity contribution >= 4 is 0 Å². The van der Waals surface area contributed by atoms with Crippen molar-refractivity contribution in [2.75, 3.05) is 26.9 Å². The smallest absolute Gasteiger partial charge is 0.0900 e. The summed E-state index contributed by atoms with van der Waals surface area (Å²) in [6.07, 6.45) is 4.83. The van der Waals surface area contributed by atoms with Gasteiger partial charge in [0.05, 0.1) is 29.7 Å². The third-order valence-corrected chi connectivity index (χ3v) is 4.62. The quantitative estimate of drug-likeness (QED) is 0.533. The molecule has 0 saturated heterocycles. The van der Waals surface area contributed by atoms with E-state index in [1.165, 1.54) is 0 Å². The van der Waals surface area contributed by atoms with E-state index in [0.29, 0.717) is 32.8 Å². The van der Waals surface area contributed by atoms with Crippen molar-refractivity contribution in [3.8, 4) is 0 Å². The summed E-state index contributed by atoms with van der Waals surface area (Å²) in [6, 6.07) is 11.7. The Morgan fingerprint density at radius 2 is 1.64 bits per heavy atom. The third-order valence-electron chi connectivity index (χ3n) is 4.62. The number of nitrogens with zero attached hydrogens (tertiary/aromatic N) is 3. The second-order valence-electron chi connectivity index (χ2n) is 7.61. The molecule has 0 aliphatic rings. The van der Waals surface area contributed by atoms with Crippen LogP contribution in [-0.2, 0) is 22.6 Å². The van der Waals surface area contributed by atoms with Gasteiger partial charge in [0.1, 0.15) is 0 Å². The lowest BCUT2D eigenvalue weighted by Crippen LogP contribution is -2.35. The fourth-order valence-corrected chi connectivity index (χ4v) is 2.90. The average Bonchev–Trinajstić information content (AvgIpc) is 2.69. The van der Waals surface area contributed by atoms with Crippen LogP contribution in [0.5, 0.6) is 0 Å². The zero-order valence-electron chi connectivity index (χ0n) is 17.3. The van der Waals surface area contributed by atoms with Crippen LogP contribution >= 0.6 is 0 Å². The van der Waals surface area contributed by atoms with Crippen molar-refractivity contribution < 1.29 is 14.6 Å². The number of aromatic nitrogens is 2. The summed E-state index contributed by atoms with van der Waals surface area (Å²) in [5, 5.41) is 10.4. The average molecular weight is 388 g/mol. The minimum atomic E-state index is -0.567. The summed E-state index contributed by atoms with van der Waals surface area (Å²) in [5.74, 6) is 0. The lowest BCUT2D eigenvalue weighted by atomic mass is 10.0. The van der Waals surface area contributed by atoms with Crippen molar-refractivity contribution in [2.24, 2.45) is 0 Å². The molecule has 0 spiro atoms. The Kier molecular flexibility index (Phi) is 9.50. The Labute approximate surface area is 168 Å². The van der Waals surface area contributed by atoms with Gasteiger partial charge in [-0.15, -0.1) is 0 Å². The van der Waals surface area contributed by atoms with E-state index in [0.717, 1.165) is 24.2 Å². The molecule has 2 aromatic heterocycles. The van der Waals surface area contributed by atoms with Gasteiger partial charge >= 0.3 is 0 Å². The fraction of sp³-hybridized carbons (Fsp3) is 0.545. The Hall–Kier alpha value is -1.86. The van der Waals surface area contributed by atoms with Crippen LogP contribution in [0, 0.1) is 0 Å². The number of aliphatic hydroxyl groups is 1. The molecule has 6 heteroatoms. The highest BCUT2D eigenvalue weighted by molar-refractivity contribution is 5.06. The van der Waals surface area contributed by atoms with Crippen LogP contribution in [0.3, 0.4) is 0 Å². The molecule has 2 heterocycles. The molecule has 1 N–H and O–H groups in total. The molecule has 6 nitrogen and oxygen atoms in total. The first kappa shape index (κ1) is 22.4. The van der Waals surface area contributed by atoms with Crippen LogP contribution in [0.25, 0.3) is 0 Å². The van der Waals surface area contributed by atoms with Crippen LogP contribution in [0.2, 0.25) is 0 Å². The first-order valence-corrected chi connectivity index (χ1v) is 9.81. The maximum Gasteiger partial charge on any atom is 0.0900 e. The molecule has 1 atom stereocenters. The van der Waals surface area contributed by atoms with Crippen LogP contribution in [-0.4, -0.2) is 58.5 Å². The maximum absolute atomic E-state index is 10.4. The summed E-state index contributed by atoms with van der Waals surface area (Å²) < 4.78 is 11.1. The summed E-state index contributed by atoms with van der Waals surface area (Å²) in [6.45, 7) is 6.85. The van der Waals surface area contributed by atoms with E-state index in [9.17, 15) is 5.11 Å². The number of hydrogen-bond donors (Lipinski definition) is 1. The van der Waals surface area contributed by atoms with Gasteiger partial charge in [0, 0.05) is 45.7 Å². The summed E-state index contributed by atoms with van der Waals surface area (Å²) in [7, 11) is 1.72. The number of aliphatic hydroxyl groups excluding tert-OH is 1. The van der Waals surface area contributed by atoms with Gasteiger partial charge in [-0.3, -0.25) is 14.9 Å². The van der Waals surface area contributed by atoms with Gasteiger partial charge in [0.15, 0.2) is 0 Å². The van der Waals surface area contributed by atoms with Gasteiger partial charge in [-0.25, -0.2) is 0 Å². The second kappa shape index (κ2) is 11.9. The summed E-state index contributed by atoms with van der Waals surface area (Å²) in [4.78, 5) is 10.9. The molecular weight excluding hydrogens is 354 g/mol. The van der Waals surface area contributed by atoms with E-state index >= 15 is 0 Å². The van der Waals surface area contributed by atoms with E-state index in [2.05, 4.69) is 28.7 Å². The molecule has 1 unspecified atom stereocenters. The third kappa shape index (κ3) is 8.89. The molecule has 154 valence electrons. The normalized spacial score (nSPS) is 13.0. The minimum absolute atomic E-state index is 0.135. The Morgan fingerprint density at radius 3 is 2.14 bits per heavy atom. The molecule has 0 aromatic carbocycles. The predicted octanol–water partition coefficient (Wildman–Crippen LogP) is 3.06. The predicted molar refractivity (Wildman–Crippen MR) is 110 cm³/mol. The molecule has 0 saturated carbocycles. The lowest BCUT2D eigenvalue weighted by Gasteiger charge is -2.25. The van der Waals surface area contributed by atoms with E-state index in [-0.39, 0.29) is 5.60 Å². The maximum atomic E-state index is 10.4. The molecule has 0 radical (unpaired) electrons. The van der Waals surface area contributed by atoms with Crippen LogP contribution in [0.4, 0.5) is 0 Å². The molecule has 0 bridgehead atoms. The number of ether oxygens (including phenoxy) is 2. The highest BCUT2D eigenvalue weighted by Crippen LogP contribution is 2.15.